The molecular formula is C22H33ClN2O4. The van der Waals surface area contributed by atoms with Gasteiger partial charge in [0.1, 0.15) is 0 Å². The summed E-state index contributed by atoms with van der Waals surface area (Å²) in [4.78, 5) is 0. The molecule has 7 heteroatoms. The minimum Gasteiger partial charge on any atom is -0.493 e. The first-order chi connectivity index (χ1) is 13.7. The molecule has 0 aromatic heterocycles. The number of halogens is 1. The van der Waals surface area contributed by atoms with Gasteiger partial charge in [0.2, 0.25) is 0 Å². The molecule has 0 saturated carbocycles. The Morgan fingerprint density at radius 1 is 0.586 bits per heavy atom. The number of benzene rings is 2. The number of rotatable bonds is 13. The Bertz CT molecular complexity index is 666. The number of ether oxygens (including phenoxy) is 4. The molecule has 0 radical (unpaired) electrons. The summed E-state index contributed by atoms with van der Waals surface area (Å²) < 4.78 is 21.2. The predicted molar refractivity (Wildman–Crippen MR) is 119 cm³/mol. The zero-order valence-corrected chi connectivity index (χ0v) is 18.6. The minimum absolute atomic E-state index is 0. The Hall–Kier alpha value is -2.15. The van der Waals surface area contributed by atoms with E-state index in [-0.39, 0.29) is 12.4 Å². The third-order valence-corrected chi connectivity index (χ3v) is 4.51. The smallest absolute Gasteiger partial charge is 0.161 e. The number of hydrogen-bond acceptors (Lipinski definition) is 6. The molecule has 0 bridgehead atoms. The fourth-order valence-electron chi connectivity index (χ4n) is 2.95. The van der Waals surface area contributed by atoms with Gasteiger partial charge in [0.05, 0.1) is 28.4 Å². The first-order valence-electron chi connectivity index (χ1n) is 9.55. The van der Waals surface area contributed by atoms with Crippen LogP contribution in [0.2, 0.25) is 0 Å². The van der Waals surface area contributed by atoms with E-state index in [0.29, 0.717) is 0 Å². The molecule has 0 unspecified atom stereocenters. The molecule has 0 heterocycles. The van der Waals surface area contributed by atoms with Gasteiger partial charge in [-0.25, -0.2) is 0 Å². The molecule has 29 heavy (non-hydrogen) atoms. The summed E-state index contributed by atoms with van der Waals surface area (Å²) in [5.74, 6) is 3.04. The molecule has 2 N–H and O–H groups in total. The van der Waals surface area contributed by atoms with E-state index in [0.717, 1.165) is 62.0 Å². The second kappa shape index (κ2) is 13.9. The lowest BCUT2D eigenvalue weighted by Crippen LogP contribution is -2.18. The Kier molecular flexibility index (Phi) is 12.0. The molecule has 0 aliphatic rings. The lowest BCUT2D eigenvalue weighted by atomic mass is 10.2. The van der Waals surface area contributed by atoms with Gasteiger partial charge in [0.25, 0.3) is 0 Å². The summed E-state index contributed by atoms with van der Waals surface area (Å²) in [6, 6.07) is 12.0. The van der Waals surface area contributed by atoms with Crippen LogP contribution in [-0.2, 0) is 13.1 Å². The van der Waals surface area contributed by atoms with Crippen molar-refractivity contribution in [1.29, 1.82) is 0 Å². The van der Waals surface area contributed by atoms with Gasteiger partial charge >= 0.3 is 0 Å². The third-order valence-electron chi connectivity index (χ3n) is 4.51. The van der Waals surface area contributed by atoms with Crippen molar-refractivity contribution in [3.05, 3.63) is 47.5 Å². The predicted octanol–water partition coefficient (Wildman–Crippen LogP) is 3.80. The molecule has 162 valence electrons. The van der Waals surface area contributed by atoms with Gasteiger partial charge in [-0.15, -0.1) is 12.4 Å². The first kappa shape index (κ1) is 24.9. The first-order valence-corrected chi connectivity index (χ1v) is 9.55. The summed E-state index contributed by atoms with van der Waals surface area (Å²) in [6.07, 6.45) is 2.23. The van der Waals surface area contributed by atoms with Gasteiger partial charge in [-0.2, -0.15) is 0 Å². The highest BCUT2D eigenvalue weighted by Crippen LogP contribution is 2.28. The van der Waals surface area contributed by atoms with Crippen LogP contribution in [0.25, 0.3) is 0 Å². The van der Waals surface area contributed by atoms with E-state index in [1.165, 1.54) is 11.1 Å². The van der Waals surface area contributed by atoms with E-state index >= 15 is 0 Å². The van der Waals surface area contributed by atoms with Crippen molar-refractivity contribution in [1.82, 2.24) is 10.6 Å². The van der Waals surface area contributed by atoms with E-state index in [1.807, 2.05) is 24.3 Å². The summed E-state index contributed by atoms with van der Waals surface area (Å²) in [5, 5.41) is 6.94. The van der Waals surface area contributed by atoms with Crippen molar-refractivity contribution in [3.63, 3.8) is 0 Å². The molecule has 0 saturated heterocycles. The second-order valence-corrected chi connectivity index (χ2v) is 6.44. The molecule has 0 aliphatic carbocycles. The average Bonchev–Trinajstić information content (AvgIpc) is 2.75. The zero-order chi connectivity index (χ0) is 20.2. The van der Waals surface area contributed by atoms with Crippen LogP contribution in [0.1, 0.15) is 24.0 Å². The molecule has 0 fully saturated rings. The fraction of sp³-hybridized carbons (Fsp3) is 0.455. The van der Waals surface area contributed by atoms with Crippen LogP contribution in [0, 0.1) is 0 Å². The minimum atomic E-state index is 0. The lowest BCUT2D eigenvalue weighted by molar-refractivity contribution is 0.354. The molecule has 2 aromatic carbocycles. The van der Waals surface area contributed by atoms with Gasteiger partial charge in [-0.3, -0.25) is 0 Å². The van der Waals surface area contributed by atoms with Crippen LogP contribution < -0.4 is 29.6 Å². The van der Waals surface area contributed by atoms with E-state index in [9.17, 15) is 0 Å². The van der Waals surface area contributed by atoms with Gasteiger partial charge in [0.15, 0.2) is 23.0 Å². The maximum atomic E-state index is 5.34. The van der Waals surface area contributed by atoms with Crippen LogP contribution >= 0.6 is 12.4 Å². The number of methoxy groups -OCH3 is 4. The van der Waals surface area contributed by atoms with Crippen molar-refractivity contribution in [2.45, 2.75) is 25.9 Å². The molecule has 0 amide bonds. The largest absolute Gasteiger partial charge is 0.493 e. The van der Waals surface area contributed by atoms with Crippen molar-refractivity contribution >= 4 is 12.4 Å². The summed E-state index contributed by atoms with van der Waals surface area (Å²) in [5.41, 5.74) is 2.37. The Morgan fingerprint density at radius 2 is 0.966 bits per heavy atom. The highest BCUT2D eigenvalue weighted by Gasteiger charge is 2.05. The second-order valence-electron chi connectivity index (χ2n) is 6.44. The Morgan fingerprint density at radius 3 is 1.31 bits per heavy atom. The summed E-state index contributed by atoms with van der Waals surface area (Å²) >= 11 is 0. The maximum absolute atomic E-state index is 5.34. The van der Waals surface area contributed by atoms with Crippen molar-refractivity contribution in [3.8, 4) is 23.0 Å². The Labute approximate surface area is 180 Å². The fourth-order valence-corrected chi connectivity index (χ4v) is 2.95. The number of hydrogen-bond donors (Lipinski definition) is 2. The SMILES string of the molecule is COc1ccc(CNCCCCNCc2ccc(OC)c(OC)c2)cc1OC.Cl. The maximum Gasteiger partial charge on any atom is 0.161 e. The van der Waals surface area contributed by atoms with Gasteiger partial charge in [-0.1, -0.05) is 12.1 Å². The van der Waals surface area contributed by atoms with Crippen LogP contribution in [0.15, 0.2) is 36.4 Å². The molecule has 0 spiro atoms. The molecular weight excluding hydrogens is 392 g/mol. The van der Waals surface area contributed by atoms with E-state index in [4.69, 9.17) is 18.9 Å². The topological polar surface area (TPSA) is 61.0 Å². The highest BCUT2D eigenvalue weighted by atomic mass is 35.5. The Balaban J connectivity index is 0.00000420. The van der Waals surface area contributed by atoms with Crippen molar-refractivity contribution in [2.24, 2.45) is 0 Å². The number of nitrogens with one attached hydrogen (secondary N) is 2. The summed E-state index contributed by atoms with van der Waals surface area (Å²) in [7, 11) is 6.61. The molecule has 2 aromatic rings. The molecule has 0 atom stereocenters. The zero-order valence-electron chi connectivity index (χ0n) is 17.7. The van der Waals surface area contributed by atoms with Gasteiger partial charge < -0.3 is 29.6 Å². The molecule has 6 nitrogen and oxygen atoms in total. The van der Waals surface area contributed by atoms with E-state index in [1.54, 1.807) is 28.4 Å². The van der Waals surface area contributed by atoms with Crippen molar-refractivity contribution < 1.29 is 18.9 Å². The van der Waals surface area contributed by atoms with Gasteiger partial charge in [0, 0.05) is 13.1 Å². The lowest BCUT2D eigenvalue weighted by Gasteiger charge is -2.11. The summed E-state index contributed by atoms with van der Waals surface area (Å²) in [6.45, 7) is 3.59. The monoisotopic (exact) mass is 424 g/mol. The van der Waals surface area contributed by atoms with E-state index < -0.39 is 0 Å². The quantitative estimate of drug-likeness (QED) is 0.477. The normalized spacial score (nSPS) is 10.2. The van der Waals surface area contributed by atoms with Crippen LogP contribution in [0.5, 0.6) is 23.0 Å². The van der Waals surface area contributed by atoms with Crippen molar-refractivity contribution in [2.75, 3.05) is 41.5 Å². The average molecular weight is 425 g/mol. The van der Waals surface area contributed by atoms with Crippen LogP contribution in [-0.4, -0.2) is 41.5 Å². The molecule has 0 aliphatic heterocycles. The standard InChI is InChI=1S/C22H32N2O4.ClH/c1-25-19-9-7-17(13-21(19)27-3)15-23-11-5-6-12-24-16-18-8-10-20(26-2)22(14-18)28-4;/h7-10,13-14,23-24H,5-6,11-12,15-16H2,1-4H3;1H. The van der Waals surface area contributed by atoms with Crippen LogP contribution in [0.4, 0.5) is 0 Å². The van der Waals surface area contributed by atoms with Gasteiger partial charge in [-0.05, 0) is 61.3 Å². The number of unbranched alkanes of at least 4 members (excludes halogenated alkanes) is 1. The van der Waals surface area contributed by atoms with E-state index in [2.05, 4.69) is 22.8 Å². The third kappa shape index (κ3) is 8.01. The van der Waals surface area contributed by atoms with Crippen LogP contribution in [0.3, 0.4) is 0 Å². The molecule has 2 rings (SSSR count). The highest BCUT2D eigenvalue weighted by molar-refractivity contribution is 5.85.